The van der Waals surface area contributed by atoms with Gasteiger partial charge in [0, 0.05) is 23.6 Å². The van der Waals surface area contributed by atoms with E-state index < -0.39 is 6.10 Å². The number of aliphatic hydroxyl groups excluding tert-OH is 1. The molecule has 0 bridgehead atoms. The lowest BCUT2D eigenvalue weighted by atomic mass is 10.1. The van der Waals surface area contributed by atoms with Gasteiger partial charge < -0.3 is 19.9 Å². The Morgan fingerprint density at radius 2 is 1.72 bits per heavy atom. The molecule has 1 aromatic heterocycles. The van der Waals surface area contributed by atoms with Gasteiger partial charge in [-0.05, 0) is 13.0 Å². The van der Waals surface area contributed by atoms with Crippen molar-refractivity contribution in [2.45, 2.75) is 13.0 Å². The molecule has 3 aromatic rings. The molecule has 0 aliphatic rings. The second-order valence-electron chi connectivity index (χ2n) is 5.72. The van der Waals surface area contributed by atoms with Gasteiger partial charge in [0.15, 0.2) is 17.3 Å². The Balaban J connectivity index is 2.19. The molecule has 130 valence electrons. The molecule has 0 spiro atoms. The van der Waals surface area contributed by atoms with Crippen molar-refractivity contribution in [3.8, 4) is 22.9 Å². The predicted molar refractivity (Wildman–Crippen MR) is 98.2 cm³/mol. The Kier molecular flexibility index (Phi) is 5.00. The van der Waals surface area contributed by atoms with Crippen LogP contribution in [0.15, 0.2) is 42.5 Å². The van der Waals surface area contributed by atoms with Crippen LogP contribution >= 0.6 is 0 Å². The summed E-state index contributed by atoms with van der Waals surface area (Å²) >= 11 is 0. The number of nitrogens with one attached hydrogen (secondary N) is 1. The summed E-state index contributed by atoms with van der Waals surface area (Å²) in [5.41, 5.74) is 1.65. The van der Waals surface area contributed by atoms with Gasteiger partial charge >= 0.3 is 0 Å². The Morgan fingerprint density at radius 3 is 2.36 bits per heavy atom. The van der Waals surface area contributed by atoms with Gasteiger partial charge in [0.25, 0.3) is 0 Å². The van der Waals surface area contributed by atoms with Crippen molar-refractivity contribution >= 4 is 16.7 Å². The summed E-state index contributed by atoms with van der Waals surface area (Å²) in [6.45, 7) is 2.10. The topological polar surface area (TPSA) is 76.5 Å². The summed E-state index contributed by atoms with van der Waals surface area (Å²) in [7, 11) is 3.18. The average Bonchev–Trinajstić information content (AvgIpc) is 2.65. The van der Waals surface area contributed by atoms with Gasteiger partial charge in [0.05, 0.1) is 25.8 Å². The molecule has 0 aliphatic heterocycles. The zero-order chi connectivity index (χ0) is 17.8. The van der Waals surface area contributed by atoms with E-state index in [1.807, 2.05) is 42.5 Å². The Morgan fingerprint density at radius 1 is 1.04 bits per heavy atom. The van der Waals surface area contributed by atoms with Crippen LogP contribution in [-0.2, 0) is 0 Å². The van der Waals surface area contributed by atoms with E-state index >= 15 is 0 Å². The van der Waals surface area contributed by atoms with Crippen molar-refractivity contribution in [1.29, 1.82) is 0 Å². The third-order valence-corrected chi connectivity index (χ3v) is 3.80. The average molecular weight is 339 g/mol. The minimum atomic E-state index is -0.495. The lowest BCUT2D eigenvalue weighted by molar-refractivity contribution is 0.208. The maximum atomic E-state index is 9.60. The molecule has 0 amide bonds. The fraction of sp³-hybridized carbons (Fsp3) is 0.263. The Bertz CT molecular complexity index is 867. The summed E-state index contributed by atoms with van der Waals surface area (Å²) in [6, 6.07) is 13.4. The van der Waals surface area contributed by atoms with E-state index in [-0.39, 0.29) is 0 Å². The zero-order valence-corrected chi connectivity index (χ0v) is 14.5. The summed E-state index contributed by atoms with van der Waals surface area (Å²) in [6.07, 6.45) is -0.495. The summed E-state index contributed by atoms with van der Waals surface area (Å²) in [5.74, 6) is 2.46. The molecule has 6 heteroatoms. The van der Waals surface area contributed by atoms with Crippen molar-refractivity contribution < 1.29 is 14.6 Å². The molecule has 0 saturated heterocycles. The number of fused-ring (bicyclic) bond motifs is 1. The van der Waals surface area contributed by atoms with E-state index in [2.05, 4.69) is 15.3 Å². The van der Waals surface area contributed by atoms with Gasteiger partial charge in [-0.3, -0.25) is 0 Å². The molecule has 2 aromatic carbocycles. The molecule has 0 radical (unpaired) electrons. The first-order valence-electron chi connectivity index (χ1n) is 8.03. The second-order valence-corrected chi connectivity index (χ2v) is 5.72. The van der Waals surface area contributed by atoms with E-state index in [1.54, 1.807) is 21.1 Å². The van der Waals surface area contributed by atoms with E-state index in [0.717, 1.165) is 16.5 Å². The summed E-state index contributed by atoms with van der Waals surface area (Å²) < 4.78 is 10.8. The summed E-state index contributed by atoms with van der Waals surface area (Å²) in [4.78, 5) is 9.31. The lowest BCUT2D eigenvalue weighted by Gasteiger charge is -2.14. The number of benzene rings is 2. The number of hydrogen-bond acceptors (Lipinski definition) is 6. The van der Waals surface area contributed by atoms with Crippen LogP contribution in [0.4, 0.5) is 5.82 Å². The van der Waals surface area contributed by atoms with Crippen LogP contribution in [0.1, 0.15) is 6.92 Å². The van der Waals surface area contributed by atoms with E-state index in [9.17, 15) is 5.11 Å². The minimum Gasteiger partial charge on any atom is -0.493 e. The molecule has 1 atom stereocenters. The van der Waals surface area contributed by atoms with Crippen LogP contribution in [0.2, 0.25) is 0 Å². The molecule has 25 heavy (non-hydrogen) atoms. The second kappa shape index (κ2) is 7.36. The maximum absolute atomic E-state index is 9.60. The van der Waals surface area contributed by atoms with Gasteiger partial charge in [-0.15, -0.1) is 0 Å². The number of ether oxygens (including phenoxy) is 2. The summed E-state index contributed by atoms with van der Waals surface area (Å²) in [5, 5.41) is 13.6. The quantitative estimate of drug-likeness (QED) is 0.719. The molecule has 0 aliphatic carbocycles. The number of anilines is 1. The first-order valence-corrected chi connectivity index (χ1v) is 8.03. The SMILES string of the molecule is COc1cc2nc(-c3ccccc3)nc(NCC(C)O)c2cc1OC. The molecular weight excluding hydrogens is 318 g/mol. The molecule has 2 N–H and O–H groups in total. The van der Waals surface area contributed by atoms with Crippen LogP contribution in [0, 0.1) is 0 Å². The van der Waals surface area contributed by atoms with Crippen molar-refractivity contribution in [1.82, 2.24) is 9.97 Å². The smallest absolute Gasteiger partial charge is 0.162 e. The number of rotatable bonds is 6. The van der Waals surface area contributed by atoms with Crippen molar-refractivity contribution in [3.05, 3.63) is 42.5 Å². The van der Waals surface area contributed by atoms with Crippen LogP contribution in [-0.4, -0.2) is 41.9 Å². The van der Waals surface area contributed by atoms with E-state index in [4.69, 9.17) is 9.47 Å². The largest absolute Gasteiger partial charge is 0.493 e. The standard InChI is InChI=1S/C19H21N3O3/c1-12(23)11-20-19-14-9-16(24-2)17(25-3)10-15(14)21-18(22-19)13-7-5-4-6-8-13/h4-10,12,23H,11H2,1-3H3,(H,20,21,22). The Labute approximate surface area is 146 Å². The third-order valence-electron chi connectivity index (χ3n) is 3.80. The van der Waals surface area contributed by atoms with Crippen molar-refractivity contribution in [3.63, 3.8) is 0 Å². The van der Waals surface area contributed by atoms with Crippen LogP contribution in [0.3, 0.4) is 0 Å². The first kappa shape index (κ1) is 17.0. The highest BCUT2D eigenvalue weighted by atomic mass is 16.5. The normalized spacial score (nSPS) is 12.0. The highest BCUT2D eigenvalue weighted by molar-refractivity contribution is 5.93. The van der Waals surface area contributed by atoms with Gasteiger partial charge in [-0.25, -0.2) is 9.97 Å². The highest BCUT2D eigenvalue weighted by Crippen LogP contribution is 2.35. The Hall–Kier alpha value is -2.86. The molecule has 1 unspecified atom stereocenters. The monoisotopic (exact) mass is 339 g/mol. The maximum Gasteiger partial charge on any atom is 0.162 e. The number of nitrogens with zero attached hydrogens (tertiary/aromatic N) is 2. The van der Waals surface area contributed by atoms with Crippen molar-refractivity contribution in [2.24, 2.45) is 0 Å². The third kappa shape index (κ3) is 3.64. The number of hydrogen-bond donors (Lipinski definition) is 2. The van der Waals surface area contributed by atoms with Gasteiger partial charge in [0.1, 0.15) is 5.82 Å². The number of aliphatic hydroxyl groups is 1. The van der Waals surface area contributed by atoms with Gasteiger partial charge in [-0.2, -0.15) is 0 Å². The minimum absolute atomic E-state index is 0.384. The molecule has 3 rings (SSSR count). The van der Waals surface area contributed by atoms with Crippen LogP contribution in [0.25, 0.3) is 22.3 Å². The van der Waals surface area contributed by atoms with Gasteiger partial charge in [0.2, 0.25) is 0 Å². The van der Waals surface area contributed by atoms with Crippen LogP contribution < -0.4 is 14.8 Å². The highest BCUT2D eigenvalue weighted by Gasteiger charge is 2.14. The van der Waals surface area contributed by atoms with E-state index in [1.165, 1.54) is 0 Å². The van der Waals surface area contributed by atoms with Crippen LogP contribution in [0.5, 0.6) is 11.5 Å². The molecule has 0 fully saturated rings. The zero-order valence-electron chi connectivity index (χ0n) is 14.5. The molecule has 6 nitrogen and oxygen atoms in total. The van der Waals surface area contributed by atoms with Gasteiger partial charge in [-0.1, -0.05) is 30.3 Å². The number of aromatic nitrogens is 2. The first-order chi connectivity index (χ1) is 12.1. The molecule has 1 heterocycles. The molecular formula is C19H21N3O3. The van der Waals surface area contributed by atoms with Crippen molar-refractivity contribution in [2.75, 3.05) is 26.1 Å². The number of methoxy groups -OCH3 is 2. The fourth-order valence-corrected chi connectivity index (χ4v) is 2.55. The lowest BCUT2D eigenvalue weighted by Crippen LogP contribution is -2.16. The predicted octanol–water partition coefficient (Wildman–Crippen LogP) is 3.11. The molecule has 0 saturated carbocycles. The van der Waals surface area contributed by atoms with E-state index in [0.29, 0.717) is 29.7 Å². The fourth-order valence-electron chi connectivity index (χ4n) is 2.55.